The van der Waals surface area contributed by atoms with Crippen molar-refractivity contribution >= 4 is 0 Å². The fourth-order valence-corrected chi connectivity index (χ4v) is 3.24. The van der Waals surface area contributed by atoms with E-state index in [1.165, 1.54) is 31.9 Å². The van der Waals surface area contributed by atoms with Crippen LogP contribution in [0.2, 0.25) is 0 Å². The fraction of sp³-hybridized carbons (Fsp3) is 0.833. The average molecular weight is 196 g/mol. The molecule has 2 heteroatoms. The van der Waals surface area contributed by atoms with E-state index in [0.717, 1.165) is 19.3 Å². The van der Waals surface area contributed by atoms with Gasteiger partial charge >= 0.3 is 0 Å². The monoisotopic (exact) mass is 196 g/mol. The van der Waals surface area contributed by atoms with E-state index in [9.17, 15) is 5.11 Å². The Morgan fingerprint density at radius 3 is 2.71 bits per heavy atom. The quantitative estimate of drug-likeness (QED) is 0.543. The molecule has 2 aliphatic rings. The highest BCUT2D eigenvalue weighted by Gasteiger charge is 2.46. The number of fused-ring (bicyclic) bond motifs is 1. The van der Waals surface area contributed by atoms with Crippen LogP contribution in [0, 0.1) is 11.8 Å². The second-order valence-electron chi connectivity index (χ2n) is 4.67. The minimum Gasteiger partial charge on any atom is -0.470 e. The molecule has 2 nitrogen and oxygen atoms in total. The molecule has 0 spiro atoms. The van der Waals surface area contributed by atoms with Crippen molar-refractivity contribution in [3.8, 4) is 0 Å². The number of hydrogen-bond donors (Lipinski definition) is 1. The molecule has 0 aliphatic heterocycles. The molecule has 0 aromatic rings. The predicted molar refractivity (Wildman–Crippen MR) is 55.5 cm³/mol. The van der Waals surface area contributed by atoms with Gasteiger partial charge in [0, 0.05) is 12.3 Å². The van der Waals surface area contributed by atoms with E-state index in [2.05, 4.69) is 6.58 Å². The summed E-state index contributed by atoms with van der Waals surface area (Å²) in [4.78, 5) is 0. The van der Waals surface area contributed by atoms with Crippen molar-refractivity contribution < 1.29 is 9.84 Å². The van der Waals surface area contributed by atoms with E-state index < -0.39 is 5.79 Å². The summed E-state index contributed by atoms with van der Waals surface area (Å²) in [5.74, 6) is 0.135. The topological polar surface area (TPSA) is 29.5 Å². The maximum atomic E-state index is 10.4. The largest absolute Gasteiger partial charge is 0.470 e. The van der Waals surface area contributed by atoms with Gasteiger partial charge in [0.05, 0.1) is 6.26 Å². The Hall–Kier alpha value is -0.500. The van der Waals surface area contributed by atoms with Crippen LogP contribution in [0.3, 0.4) is 0 Å². The Morgan fingerprint density at radius 2 is 1.93 bits per heavy atom. The second kappa shape index (κ2) is 3.93. The lowest BCUT2D eigenvalue weighted by molar-refractivity contribution is -0.240. The van der Waals surface area contributed by atoms with E-state index >= 15 is 0 Å². The maximum Gasteiger partial charge on any atom is 0.210 e. The first-order valence-corrected chi connectivity index (χ1v) is 5.77. The lowest BCUT2D eigenvalue weighted by Gasteiger charge is -2.45. The van der Waals surface area contributed by atoms with Crippen LogP contribution in [0.25, 0.3) is 0 Å². The molecule has 0 amide bonds. The summed E-state index contributed by atoms with van der Waals surface area (Å²) in [5, 5.41) is 10.4. The normalized spacial score (nSPS) is 42.6. The molecule has 2 fully saturated rings. The molecule has 80 valence electrons. The van der Waals surface area contributed by atoms with Crippen molar-refractivity contribution in [2.45, 2.75) is 50.7 Å². The number of rotatable bonds is 2. The van der Waals surface area contributed by atoms with Crippen molar-refractivity contribution in [3.05, 3.63) is 12.8 Å². The zero-order chi connectivity index (χ0) is 10.0. The number of hydrogen-bond acceptors (Lipinski definition) is 2. The van der Waals surface area contributed by atoms with Gasteiger partial charge in [-0.05, 0) is 31.6 Å². The minimum atomic E-state index is -0.898. The Morgan fingerprint density at radius 1 is 1.21 bits per heavy atom. The van der Waals surface area contributed by atoms with Gasteiger partial charge in [0.15, 0.2) is 0 Å². The highest BCUT2D eigenvalue weighted by Crippen LogP contribution is 2.46. The van der Waals surface area contributed by atoms with Gasteiger partial charge in [0.2, 0.25) is 5.79 Å². The first-order chi connectivity index (χ1) is 6.76. The molecular formula is C12H20O2. The zero-order valence-electron chi connectivity index (χ0n) is 8.74. The molecule has 2 rings (SSSR count). The SMILES string of the molecule is C=COC1(O)CCCC2CCCCC21. The molecule has 0 radical (unpaired) electrons. The van der Waals surface area contributed by atoms with E-state index in [-0.39, 0.29) is 0 Å². The molecular weight excluding hydrogens is 176 g/mol. The van der Waals surface area contributed by atoms with Crippen LogP contribution in [-0.2, 0) is 4.74 Å². The third-order valence-corrected chi connectivity index (χ3v) is 3.89. The first kappa shape index (κ1) is 10.0. The van der Waals surface area contributed by atoms with E-state index in [4.69, 9.17) is 4.74 Å². The Kier molecular flexibility index (Phi) is 2.82. The molecule has 1 N–H and O–H groups in total. The van der Waals surface area contributed by atoms with Gasteiger partial charge in [0.1, 0.15) is 0 Å². The van der Waals surface area contributed by atoms with Gasteiger partial charge in [-0.1, -0.05) is 19.4 Å². The molecule has 3 atom stereocenters. The third-order valence-electron chi connectivity index (χ3n) is 3.89. The Balaban J connectivity index is 2.11. The summed E-state index contributed by atoms with van der Waals surface area (Å²) in [6, 6.07) is 0. The molecule has 2 saturated carbocycles. The predicted octanol–water partition coefficient (Wildman–Crippen LogP) is 2.83. The molecule has 2 aliphatic carbocycles. The summed E-state index contributed by atoms with van der Waals surface area (Å²) >= 11 is 0. The summed E-state index contributed by atoms with van der Waals surface area (Å²) in [6.07, 6.45) is 9.49. The van der Waals surface area contributed by atoms with Crippen molar-refractivity contribution in [1.29, 1.82) is 0 Å². The Labute approximate surface area is 86.0 Å². The molecule has 3 unspecified atom stereocenters. The van der Waals surface area contributed by atoms with Crippen molar-refractivity contribution in [2.24, 2.45) is 11.8 Å². The van der Waals surface area contributed by atoms with Crippen LogP contribution in [0.5, 0.6) is 0 Å². The van der Waals surface area contributed by atoms with Crippen LogP contribution < -0.4 is 0 Å². The highest BCUT2D eigenvalue weighted by molar-refractivity contribution is 4.91. The number of ether oxygens (including phenoxy) is 1. The van der Waals surface area contributed by atoms with Crippen LogP contribution in [0.4, 0.5) is 0 Å². The van der Waals surface area contributed by atoms with Gasteiger partial charge in [-0.15, -0.1) is 0 Å². The summed E-state index contributed by atoms with van der Waals surface area (Å²) in [7, 11) is 0. The minimum absolute atomic E-state index is 0.350. The average Bonchev–Trinajstić information content (AvgIpc) is 2.19. The van der Waals surface area contributed by atoms with Gasteiger partial charge in [-0.25, -0.2) is 0 Å². The van der Waals surface area contributed by atoms with Crippen molar-refractivity contribution in [3.63, 3.8) is 0 Å². The summed E-state index contributed by atoms with van der Waals surface area (Å²) in [6.45, 7) is 3.56. The van der Waals surface area contributed by atoms with Crippen molar-refractivity contribution in [1.82, 2.24) is 0 Å². The van der Waals surface area contributed by atoms with Crippen molar-refractivity contribution in [2.75, 3.05) is 0 Å². The zero-order valence-corrected chi connectivity index (χ0v) is 8.74. The molecule has 0 aromatic heterocycles. The first-order valence-electron chi connectivity index (χ1n) is 5.77. The van der Waals surface area contributed by atoms with Gasteiger partial charge in [0.25, 0.3) is 0 Å². The summed E-state index contributed by atoms with van der Waals surface area (Å²) in [5.41, 5.74) is 0. The maximum absolute atomic E-state index is 10.4. The van der Waals surface area contributed by atoms with Gasteiger partial charge < -0.3 is 9.84 Å². The molecule has 0 aromatic carbocycles. The van der Waals surface area contributed by atoms with E-state index in [1.807, 2.05) is 0 Å². The van der Waals surface area contributed by atoms with E-state index in [0.29, 0.717) is 11.8 Å². The lowest BCUT2D eigenvalue weighted by Crippen LogP contribution is -2.47. The lowest BCUT2D eigenvalue weighted by atomic mass is 9.67. The van der Waals surface area contributed by atoms with Gasteiger partial charge in [-0.2, -0.15) is 0 Å². The molecule has 14 heavy (non-hydrogen) atoms. The molecule has 0 bridgehead atoms. The van der Waals surface area contributed by atoms with E-state index in [1.54, 1.807) is 0 Å². The summed E-state index contributed by atoms with van der Waals surface area (Å²) < 4.78 is 5.36. The van der Waals surface area contributed by atoms with Crippen LogP contribution >= 0.6 is 0 Å². The van der Waals surface area contributed by atoms with Crippen LogP contribution in [-0.4, -0.2) is 10.9 Å². The van der Waals surface area contributed by atoms with Crippen LogP contribution in [0.15, 0.2) is 12.8 Å². The van der Waals surface area contributed by atoms with Crippen LogP contribution in [0.1, 0.15) is 44.9 Å². The third kappa shape index (κ3) is 1.68. The molecule has 0 saturated heterocycles. The smallest absolute Gasteiger partial charge is 0.210 e. The molecule has 0 heterocycles. The highest BCUT2D eigenvalue weighted by atomic mass is 16.6. The second-order valence-corrected chi connectivity index (χ2v) is 4.67. The Bertz CT molecular complexity index is 212. The number of aliphatic hydroxyl groups is 1. The van der Waals surface area contributed by atoms with Gasteiger partial charge in [-0.3, -0.25) is 0 Å². The standard InChI is InChI=1S/C12H20O2/c1-2-14-12(13)9-5-7-10-6-3-4-8-11(10)12/h2,10-11,13H,1,3-9H2. The fourth-order valence-electron chi connectivity index (χ4n) is 3.24.